The second kappa shape index (κ2) is 7.13. The van der Waals surface area contributed by atoms with Gasteiger partial charge in [0.1, 0.15) is 5.75 Å². The Hall–Kier alpha value is -2.01. The van der Waals surface area contributed by atoms with E-state index in [1.54, 1.807) is 13.3 Å². The fraction of sp³-hybridized carbons (Fsp3) is 0.438. The van der Waals surface area contributed by atoms with Crippen molar-refractivity contribution in [1.82, 2.24) is 20.5 Å². The Morgan fingerprint density at radius 2 is 2.00 bits per heavy atom. The lowest BCUT2D eigenvalue weighted by Gasteiger charge is -2.21. The van der Waals surface area contributed by atoms with Crippen LogP contribution in [-0.4, -0.2) is 28.8 Å². The highest BCUT2D eigenvalue weighted by Crippen LogP contribution is 2.26. The number of pyridine rings is 1. The van der Waals surface area contributed by atoms with E-state index in [9.17, 15) is 0 Å². The molecule has 5 heteroatoms. The smallest absolute Gasteiger partial charge is 0.137 e. The molecule has 0 spiro atoms. The molecule has 21 heavy (non-hydrogen) atoms. The summed E-state index contributed by atoms with van der Waals surface area (Å²) < 4.78 is 5.28. The molecule has 0 amide bonds. The molecule has 0 saturated carbocycles. The Labute approximate surface area is 125 Å². The number of nitrogens with zero attached hydrogens (tertiary/aromatic N) is 3. The Morgan fingerprint density at radius 1 is 1.19 bits per heavy atom. The van der Waals surface area contributed by atoms with E-state index in [0.717, 1.165) is 41.2 Å². The lowest BCUT2D eigenvalue weighted by Crippen LogP contribution is -2.24. The molecule has 0 aliphatic rings. The van der Waals surface area contributed by atoms with E-state index in [-0.39, 0.29) is 6.04 Å². The largest absolute Gasteiger partial charge is 0.495 e. The van der Waals surface area contributed by atoms with Crippen molar-refractivity contribution in [3.8, 4) is 5.75 Å². The van der Waals surface area contributed by atoms with Crippen LogP contribution in [0.5, 0.6) is 5.75 Å². The maximum Gasteiger partial charge on any atom is 0.137 e. The van der Waals surface area contributed by atoms with Crippen LogP contribution in [0.4, 0.5) is 0 Å². The zero-order chi connectivity index (χ0) is 15.2. The molecule has 1 unspecified atom stereocenters. The van der Waals surface area contributed by atoms with Gasteiger partial charge in [0.15, 0.2) is 0 Å². The van der Waals surface area contributed by atoms with Gasteiger partial charge < -0.3 is 10.1 Å². The summed E-state index contributed by atoms with van der Waals surface area (Å²) in [5.41, 5.74) is 4.15. The predicted octanol–water partition coefficient (Wildman–Crippen LogP) is 2.45. The molecule has 2 aromatic heterocycles. The molecule has 0 saturated heterocycles. The number of hydrogen-bond acceptors (Lipinski definition) is 5. The maximum absolute atomic E-state index is 5.28. The topological polar surface area (TPSA) is 59.9 Å². The van der Waals surface area contributed by atoms with Gasteiger partial charge in [0.25, 0.3) is 0 Å². The van der Waals surface area contributed by atoms with Crippen LogP contribution >= 0.6 is 0 Å². The average molecular weight is 286 g/mol. The fourth-order valence-electron chi connectivity index (χ4n) is 2.38. The minimum atomic E-state index is 0.0433. The average Bonchev–Trinajstić information content (AvgIpc) is 2.52. The molecule has 0 aliphatic carbocycles. The second-order valence-electron chi connectivity index (χ2n) is 4.89. The number of ether oxygens (including phenoxy) is 1. The van der Waals surface area contributed by atoms with Gasteiger partial charge in [-0.3, -0.25) is 4.98 Å². The minimum absolute atomic E-state index is 0.0433. The van der Waals surface area contributed by atoms with E-state index in [2.05, 4.69) is 40.4 Å². The van der Waals surface area contributed by atoms with Gasteiger partial charge in [0.05, 0.1) is 30.7 Å². The third-order valence-electron chi connectivity index (χ3n) is 3.38. The molecule has 1 atom stereocenters. The van der Waals surface area contributed by atoms with Crippen molar-refractivity contribution in [2.75, 3.05) is 13.7 Å². The van der Waals surface area contributed by atoms with Crippen molar-refractivity contribution in [1.29, 1.82) is 0 Å². The number of aryl methyl sites for hydroxylation is 2. The Morgan fingerprint density at radius 3 is 2.67 bits per heavy atom. The quantitative estimate of drug-likeness (QED) is 0.884. The van der Waals surface area contributed by atoms with Crippen LogP contribution in [0.25, 0.3) is 0 Å². The lowest BCUT2D eigenvalue weighted by atomic mass is 9.97. The van der Waals surface area contributed by atoms with Crippen LogP contribution in [-0.2, 0) is 6.42 Å². The first-order valence-electron chi connectivity index (χ1n) is 7.25. The molecule has 2 heterocycles. The summed E-state index contributed by atoms with van der Waals surface area (Å²) >= 11 is 0. The fourth-order valence-corrected chi connectivity index (χ4v) is 2.38. The summed E-state index contributed by atoms with van der Waals surface area (Å²) in [6.45, 7) is 7.00. The maximum atomic E-state index is 5.28. The van der Waals surface area contributed by atoms with Crippen LogP contribution < -0.4 is 10.1 Å². The van der Waals surface area contributed by atoms with E-state index < -0.39 is 0 Å². The minimum Gasteiger partial charge on any atom is -0.495 e. The molecule has 5 nitrogen and oxygen atoms in total. The standard InChI is InChI=1S/C16H22N4O/c1-5-15-14(7-11(3)19-20-15)16(18-6-2)12-8-13(21-4)10-17-9-12/h7-10,16,18H,5-6H2,1-4H3. The Bertz CT molecular complexity index is 601. The number of rotatable bonds is 6. The van der Waals surface area contributed by atoms with Crippen molar-refractivity contribution >= 4 is 0 Å². The highest BCUT2D eigenvalue weighted by Gasteiger charge is 2.18. The van der Waals surface area contributed by atoms with Gasteiger partial charge in [-0.2, -0.15) is 10.2 Å². The molecule has 2 aromatic rings. The van der Waals surface area contributed by atoms with Crippen molar-refractivity contribution in [3.05, 3.63) is 47.0 Å². The van der Waals surface area contributed by atoms with Crippen LogP contribution in [0.3, 0.4) is 0 Å². The van der Waals surface area contributed by atoms with Crippen LogP contribution in [0.1, 0.15) is 42.4 Å². The van der Waals surface area contributed by atoms with Crippen LogP contribution in [0.2, 0.25) is 0 Å². The summed E-state index contributed by atoms with van der Waals surface area (Å²) in [5, 5.41) is 12.0. The Kier molecular flexibility index (Phi) is 5.22. The van der Waals surface area contributed by atoms with Gasteiger partial charge >= 0.3 is 0 Å². The van der Waals surface area contributed by atoms with E-state index in [1.807, 2.05) is 19.2 Å². The van der Waals surface area contributed by atoms with E-state index in [1.165, 1.54) is 0 Å². The second-order valence-corrected chi connectivity index (χ2v) is 4.89. The van der Waals surface area contributed by atoms with Gasteiger partial charge in [0, 0.05) is 6.20 Å². The summed E-state index contributed by atoms with van der Waals surface area (Å²) in [5.74, 6) is 0.757. The SMILES string of the molecule is CCNC(c1cncc(OC)c1)c1cc(C)nnc1CC. The molecule has 2 rings (SSSR count). The Balaban J connectivity index is 2.49. The van der Waals surface area contributed by atoms with Crippen molar-refractivity contribution in [2.45, 2.75) is 33.2 Å². The molecule has 0 aliphatic heterocycles. The van der Waals surface area contributed by atoms with Crippen molar-refractivity contribution in [3.63, 3.8) is 0 Å². The molecule has 0 aromatic carbocycles. The van der Waals surface area contributed by atoms with Crippen molar-refractivity contribution in [2.24, 2.45) is 0 Å². The summed E-state index contributed by atoms with van der Waals surface area (Å²) in [6.07, 6.45) is 4.43. The lowest BCUT2D eigenvalue weighted by molar-refractivity contribution is 0.411. The third-order valence-corrected chi connectivity index (χ3v) is 3.38. The zero-order valence-electron chi connectivity index (χ0n) is 13.1. The monoisotopic (exact) mass is 286 g/mol. The molecular formula is C16H22N4O. The summed E-state index contributed by atoms with van der Waals surface area (Å²) in [6, 6.07) is 4.15. The highest BCUT2D eigenvalue weighted by atomic mass is 16.5. The first-order valence-corrected chi connectivity index (χ1v) is 7.25. The molecule has 112 valence electrons. The molecular weight excluding hydrogens is 264 g/mol. The van der Waals surface area contributed by atoms with Gasteiger partial charge in [-0.1, -0.05) is 13.8 Å². The molecule has 1 N–H and O–H groups in total. The van der Waals surface area contributed by atoms with Gasteiger partial charge in [-0.05, 0) is 43.1 Å². The molecule has 0 fully saturated rings. The summed E-state index contributed by atoms with van der Waals surface area (Å²) in [4.78, 5) is 4.26. The van der Waals surface area contributed by atoms with E-state index >= 15 is 0 Å². The normalized spacial score (nSPS) is 12.2. The predicted molar refractivity (Wildman–Crippen MR) is 82.5 cm³/mol. The van der Waals surface area contributed by atoms with E-state index in [0.29, 0.717) is 0 Å². The van der Waals surface area contributed by atoms with Gasteiger partial charge in [0.2, 0.25) is 0 Å². The van der Waals surface area contributed by atoms with Gasteiger partial charge in [-0.25, -0.2) is 0 Å². The molecule has 0 radical (unpaired) electrons. The summed E-state index contributed by atoms with van der Waals surface area (Å²) in [7, 11) is 1.65. The third kappa shape index (κ3) is 3.55. The van der Waals surface area contributed by atoms with Crippen LogP contribution in [0, 0.1) is 6.92 Å². The first kappa shape index (κ1) is 15.4. The number of methoxy groups -OCH3 is 1. The number of aromatic nitrogens is 3. The molecule has 0 bridgehead atoms. The first-order chi connectivity index (χ1) is 10.2. The van der Waals surface area contributed by atoms with Gasteiger partial charge in [-0.15, -0.1) is 0 Å². The number of nitrogens with one attached hydrogen (secondary N) is 1. The van der Waals surface area contributed by atoms with Crippen molar-refractivity contribution < 1.29 is 4.74 Å². The van der Waals surface area contributed by atoms with E-state index in [4.69, 9.17) is 4.74 Å². The number of hydrogen-bond donors (Lipinski definition) is 1. The zero-order valence-corrected chi connectivity index (χ0v) is 13.1. The highest BCUT2D eigenvalue weighted by molar-refractivity contribution is 5.36. The van der Waals surface area contributed by atoms with Crippen LogP contribution in [0.15, 0.2) is 24.5 Å².